The number of phenolic OH excluding ortho intramolecular Hbond substituents is 1. The molecule has 2 rings (SSSR count). The van der Waals surface area contributed by atoms with Crippen molar-refractivity contribution in [1.29, 1.82) is 0 Å². The number of alkyl halides is 3. The van der Waals surface area contributed by atoms with Gasteiger partial charge in [0.1, 0.15) is 17.2 Å². The van der Waals surface area contributed by atoms with Crippen molar-refractivity contribution in [3.8, 4) is 17.2 Å². The number of nitrogens with zero attached hydrogens (tertiary/aromatic N) is 1. The third-order valence-electron chi connectivity index (χ3n) is 4.42. The second-order valence-electron chi connectivity index (χ2n) is 6.25. The lowest BCUT2D eigenvalue weighted by Gasteiger charge is -2.30. The first kappa shape index (κ1) is 28.2. The van der Waals surface area contributed by atoms with Crippen LogP contribution in [0.25, 0.3) is 0 Å². The summed E-state index contributed by atoms with van der Waals surface area (Å²) in [6.45, 7) is 12.7. The number of hydrogen-bond donors (Lipinski definition) is 2. The summed E-state index contributed by atoms with van der Waals surface area (Å²) in [6.07, 6.45) is -0.554. The molecule has 0 unspecified atom stereocenters. The maximum absolute atomic E-state index is 13.5. The van der Waals surface area contributed by atoms with Gasteiger partial charge in [-0.25, -0.2) is 0 Å². The zero-order valence-electron chi connectivity index (χ0n) is 18.8. The summed E-state index contributed by atoms with van der Waals surface area (Å²) >= 11 is 0. The van der Waals surface area contributed by atoms with Crippen molar-refractivity contribution in [2.45, 2.75) is 59.2 Å². The molecule has 3 N–H and O–H groups in total. The van der Waals surface area contributed by atoms with Crippen molar-refractivity contribution in [3.05, 3.63) is 66.4 Å². The predicted octanol–water partition coefficient (Wildman–Crippen LogP) is 7.42. The Bertz CT molecular complexity index is 813. The summed E-state index contributed by atoms with van der Waals surface area (Å²) < 4.78 is 45.9. The van der Waals surface area contributed by atoms with Crippen LogP contribution in [0.2, 0.25) is 0 Å². The zero-order chi connectivity index (χ0) is 24.1. The van der Waals surface area contributed by atoms with Gasteiger partial charge >= 0.3 is 6.18 Å². The molecule has 0 fully saturated rings. The Labute approximate surface area is 183 Å². The molecule has 172 valence electrons. The third kappa shape index (κ3) is 8.84. The Hall–Kier alpha value is -2.80. The van der Waals surface area contributed by atoms with Gasteiger partial charge in [0.25, 0.3) is 0 Å². The molecular weight excluding hydrogens is 405 g/mol. The van der Waals surface area contributed by atoms with Crippen molar-refractivity contribution >= 4 is 6.21 Å². The molecule has 2 aromatic rings. The van der Waals surface area contributed by atoms with Gasteiger partial charge in [-0.3, -0.25) is 4.99 Å². The van der Waals surface area contributed by atoms with E-state index in [2.05, 4.69) is 11.6 Å². The highest BCUT2D eigenvalue weighted by molar-refractivity contribution is 5.53. The summed E-state index contributed by atoms with van der Waals surface area (Å²) in [7, 11) is 0. The van der Waals surface area contributed by atoms with Crippen LogP contribution in [0.4, 0.5) is 13.2 Å². The lowest BCUT2D eigenvalue weighted by Crippen LogP contribution is -2.37. The molecule has 31 heavy (non-hydrogen) atoms. The van der Waals surface area contributed by atoms with Crippen LogP contribution in [0.15, 0.2) is 60.2 Å². The fourth-order valence-electron chi connectivity index (χ4n) is 2.64. The van der Waals surface area contributed by atoms with E-state index >= 15 is 0 Å². The Kier molecular flexibility index (Phi) is 12.3. The minimum Gasteiger partial charge on any atom is -0.508 e. The topological polar surface area (TPSA) is 67.8 Å². The first-order valence-corrected chi connectivity index (χ1v) is 10.2. The number of hydrogen-bond acceptors (Lipinski definition) is 4. The number of phenols is 1. The first-order valence-electron chi connectivity index (χ1n) is 10.2. The standard InChI is InChI=1S/C18H20F3NO2.C4H7N.C2H6/c1-3-17(22,4-2)15-10-9-14(11-16(15)18(19,20)21)24-13-7-5-12(23)6-8-13;1-3-5-4-2;1-2/h5-11,23H,3-4,22H2,1-2H3;3-4H,1H2,2H3;1-2H3. The molecule has 0 spiro atoms. The van der Waals surface area contributed by atoms with E-state index in [-0.39, 0.29) is 17.1 Å². The van der Waals surface area contributed by atoms with Gasteiger partial charge in [-0.1, -0.05) is 40.3 Å². The van der Waals surface area contributed by atoms with Crippen molar-refractivity contribution in [2.75, 3.05) is 0 Å². The van der Waals surface area contributed by atoms with E-state index < -0.39 is 17.3 Å². The minimum absolute atomic E-state index is 0.0486. The summed E-state index contributed by atoms with van der Waals surface area (Å²) in [6, 6.07) is 9.57. The predicted molar refractivity (Wildman–Crippen MR) is 122 cm³/mol. The van der Waals surface area contributed by atoms with Crippen LogP contribution in [0.1, 0.15) is 58.6 Å². The monoisotopic (exact) mass is 438 g/mol. The van der Waals surface area contributed by atoms with Crippen LogP contribution in [0.3, 0.4) is 0 Å². The van der Waals surface area contributed by atoms with E-state index in [1.807, 2.05) is 20.8 Å². The normalized spacial score (nSPS) is 11.1. The fourth-order valence-corrected chi connectivity index (χ4v) is 2.64. The average Bonchev–Trinajstić information content (AvgIpc) is 2.76. The van der Waals surface area contributed by atoms with E-state index in [4.69, 9.17) is 10.5 Å². The lowest BCUT2D eigenvalue weighted by molar-refractivity contribution is -0.139. The molecule has 0 amide bonds. The quantitative estimate of drug-likeness (QED) is 0.461. The smallest absolute Gasteiger partial charge is 0.416 e. The van der Waals surface area contributed by atoms with Crippen molar-refractivity contribution in [2.24, 2.45) is 10.7 Å². The van der Waals surface area contributed by atoms with Gasteiger partial charge < -0.3 is 15.6 Å². The molecule has 0 heterocycles. The SMILES string of the molecule is C=CN=CC.CC.CCC(N)(CC)c1ccc(Oc2ccc(O)cc2)cc1C(F)(F)F. The van der Waals surface area contributed by atoms with Crippen molar-refractivity contribution in [1.82, 2.24) is 0 Å². The Balaban J connectivity index is 0.00000113. The zero-order valence-corrected chi connectivity index (χ0v) is 18.8. The number of rotatable bonds is 6. The highest BCUT2D eigenvalue weighted by atomic mass is 19.4. The molecule has 2 aromatic carbocycles. The van der Waals surface area contributed by atoms with Crippen LogP contribution < -0.4 is 10.5 Å². The van der Waals surface area contributed by atoms with Gasteiger partial charge in [0.15, 0.2) is 0 Å². The Morgan fingerprint density at radius 3 is 1.90 bits per heavy atom. The van der Waals surface area contributed by atoms with Crippen LogP contribution in [-0.2, 0) is 11.7 Å². The summed E-state index contributed by atoms with van der Waals surface area (Å²) in [5.41, 5.74) is 4.41. The highest BCUT2D eigenvalue weighted by Crippen LogP contribution is 2.40. The molecule has 7 heteroatoms. The van der Waals surface area contributed by atoms with Crippen molar-refractivity contribution < 1.29 is 23.0 Å². The Morgan fingerprint density at radius 1 is 1.00 bits per heavy atom. The van der Waals surface area contributed by atoms with Gasteiger partial charge in [-0.2, -0.15) is 13.2 Å². The molecule has 0 bridgehead atoms. The number of benzene rings is 2. The molecular formula is C24H33F3N2O2. The summed E-state index contributed by atoms with van der Waals surface area (Å²) in [4.78, 5) is 3.61. The summed E-state index contributed by atoms with van der Waals surface area (Å²) in [5, 5.41) is 9.24. The van der Waals surface area contributed by atoms with Gasteiger partial charge in [-0.05, 0) is 61.7 Å². The van der Waals surface area contributed by atoms with E-state index in [0.717, 1.165) is 6.07 Å². The number of halogens is 3. The molecule has 0 aliphatic carbocycles. The maximum Gasteiger partial charge on any atom is 0.416 e. The fraction of sp³-hybridized carbons (Fsp3) is 0.375. The maximum atomic E-state index is 13.5. The molecule has 0 aromatic heterocycles. The third-order valence-corrected chi connectivity index (χ3v) is 4.42. The van der Waals surface area contributed by atoms with Gasteiger partial charge in [0.2, 0.25) is 0 Å². The number of ether oxygens (including phenoxy) is 1. The van der Waals surface area contributed by atoms with E-state index in [9.17, 15) is 18.3 Å². The van der Waals surface area contributed by atoms with Crippen LogP contribution in [0, 0.1) is 0 Å². The molecule has 0 aliphatic rings. The molecule has 0 aliphatic heterocycles. The second kappa shape index (κ2) is 13.5. The van der Waals surface area contributed by atoms with E-state index in [0.29, 0.717) is 18.6 Å². The molecule has 0 radical (unpaired) electrons. The Morgan fingerprint density at radius 2 is 1.52 bits per heavy atom. The largest absolute Gasteiger partial charge is 0.508 e. The van der Waals surface area contributed by atoms with Gasteiger partial charge in [0.05, 0.1) is 5.56 Å². The highest BCUT2D eigenvalue weighted by Gasteiger charge is 2.39. The second-order valence-corrected chi connectivity index (χ2v) is 6.25. The lowest BCUT2D eigenvalue weighted by atomic mass is 9.82. The number of nitrogens with two attached hydrogens (primary N) is 1. The minimum atomic E-state index is -4.53. The van der Waals surface area contributed by atoms with Crippen LogP contribution in [-0.4, -0.2) is 11.3 Å². The summed E-state index contributed by atoms with van der Waals surface area (Å²) in [5.74, 6) is 0.442. The van der Waals surface area contributed by atoms with E-state index in [1.54, 1.807) is 20.1 Å². The number of aliphatic imine (C=N–C) groups is 1. The molecule has 0 atom stereocenters. The molecule has 4 nitrogen and oxygen atoms in total. The van der Waals surface area contributed by atoms with Crippen LogP contribution >= 0.6 is 0 Å². The van der Waals surface area contributed by atoms with Gasteiger partial charge in [-0.15, -0.1) is 0 Å². The van der Waals surface area contributed by atoms with Crippen molar-refractivity contribution in [3.63, 3.8) is 0 Å². The first-order chi connectivity index (χ1) is 14.6. The van der Waals surface area contributed by atoms with Crippen LogP contribution in [0.5, 0.6) is 17.2 Å². The molecule has 0 saturated carbocycles. The van der Waals surface area contributed by atoms with Gasteiger partial charge in [0, 0.05) is 18.0 Å². The average molecular weight is 439 g/mol. The number of aromatic hydroxyl groups is 1. The molecule has 0 saturated heterocycles. The van der Waals surface area contributed by atoms with E-state index in [1.165, 1.54) is 42.6 Å².